The normalized spacial score (nSPS) is 14.9. The highest BCUT2D eigenvalue weighted by Crippen LogP contribution is 2.57. The topological polar surface area (TPSA) is 6.48 Å². The SMILES string of the molecule is Cc1cc2c3c(c1)N(c1ccc(C(C)(C)C)cc1-c1ccccc1)c1c(ccc4c1-c1ccccc1C4(C)C)B3N(c1ccc(C(C)(C)C)cc1)c1cc(C(C)(C)C)ccc1-2. The predicted octanol–water partition coefficient (Wildman–Crippen LogP) is 14.6. The summed E-state index contributed by atoms with van der Waals surface area (Å²) in [6, 6.07) is 54.1. The van der Waals surface area contributed by atoms with Crippen molar-refractivity contribution in [2.75, 3.05) is 9.71 Å². The molecule has 0 fully saturated rings. The van der Waals surface area contributed by atoms with E-state index in [-0.39, 0.29) is 28.5 Å². The van der Waals surface area contributed by atoms with E-state index >= 15 is 0 Å². The van der Waals surface area contributed by atoms with Gasteiger partial charge in [0.25, 0.3) is 0 Å². The zero-order valence-electron chi connectivity index (χ0n) is 38.3. The van der Waals surface area contributed by atoms with Gasteiger partial charge in [-0.25, -0.2) is 0 Å². The fourth-order valence-electron chi connectivity index (χ4n) is 10.5. The second-order valence-corrected chi connectivity index (χ2v) is 21.6. The quantitative estimate of drug-likeness (QED) is 0.164. The molecule has 2 aliphatic heterocycles. The smallest absolute Gasteiger partial charge is 0.333 e. The Balaban J connectivity index is 1.37. The molecule has 2 nitrogen and oxygen atoms in total. The summed E-state index contributed by atoms with van der Waals surface area (Å²) in [4.78, 5) is 5.37. The van der Waals surface area contributed by atoms with Gasteiger partial charge in [0.05, 0.1) is 11.4 Å². The van der Waals surface area contributed by atoms with Crippen LogP contribution >= 0.6 is 0 Å². The molecule has 7 aromatic carbocycles. The predicted molar refractivity (Wildman–Crippen MR) is 264 cm³/mol. The van der Waals surface area contributed by atoms with Gasteiger partial charge in [-0.1, -0.05) is 179 Å². The molecule has 0 spiro atoms. The first-order valence-electron chi connectivity index (χ1n) is 22.3. The van der Waals surface area contributed by atoms with E-state index in [4.69, 9.17) is 0 Å². The van der Waals surface area contributed by atoms with Crippen molar-refractivity contribution in [1.82, 2.24) is 0 Å². The van der Waals surface area contributed by atoms with Gasteiger partial charge in [-0.3, -0.25) is 0 Å². The molecule has 3 heteroatoms. The Morgan fingerprint density at radius 3 is 1.79 bits per heavy atom. The molecule has 61 heavy (non-hydrogen) atoms. The van der Waals surface area contributed by atoms with Crippen LogP contribution in [0, 0.1) is 6.92 Å². The van der Waals surface area contributed by atoms with Gasteiger partial charge in [-0.2, -0.15) is 0 Å². The molecular weight excluding hydrogens is 735 g/mol. The molecule has 0 atom stereocenters. The summed E-state index contributed by atoms with van der Waals surface area (Å²) in [7, 11) is 0. The molecule has 0 unspecified atom stereocenters. The van der Waals surface area contributed by atoms with Crippen LogP contribution in [0.5, 0.6) is 0 Å². The van der Waals surface area contributed by atoms with Crippen molar-refractivity contribution < 1.29 is 0 Å². The zero-order chi connectivity index (χ0) is 43.0. The van der Waals surface area contributed by atoms with E-state index in [1.165, 1.54) is 106 Å². The number of benzene rings is 7. The molecule has 1 aliphatic carbocycles. The number of fused-ring (bicyclic) bond motifs is 8. The fraction of sp³-hybridized carbons (Fsp3) is 0.276. The molecule has 0 aromatic heterocycles. The number of hydrogen-bond acceptors (Lipinski definition) is 2. The number of aryl methyl sites for hydroxylation is 1. The molecule has 0 saturated carbocycles. The van der Waals surface area contributed by atoms with E-state index in [0.717, 1.165) is 0 Å². The van der Waals surface area contributed by atoms with Gasteiger partial charge in [-0.15, -0.1) is 0 Å². The average Bonchev–Trinajstić information content (AvgIpc) is 3.45. The van der Waals surface area contributed by atoms with Crippen LogP contribution in [0.3, 0.4) is 0 Å². The second-order valence-electron chi connectivity index (χ2n) is 21.6. The van der Waals surface area contributed by atoms with E-state index in [1.54, 1.807) is 0 Å². The van der Waals surface area contributed by atoms with E-state index in [0.29, 0.717) is 0 Å². The van der Waals surface area contributed by atoms with Crippen molar-refractivity contribution in [3.8, 4) is 33.4 Å². The first kappa shape index (κ1) is 39.3. The third-order valence-corrected chi connectivity index (χ3v) is 14.0. The highest BCUT2D eigenvalue weighted by molar-refractivity contribution is 6.93. The van der Waals surface area contributed by atoms with Gasteiger partial charge in [0.2, 0.25) is 0 Å². The molecule has 10 rings (SSSR count). The molecular formula is C58H59BN2. The minimum absolute atomic E-state index is 0.0146. The maximum Gasteiger partial charge on any atom is 0.333 e. The number of anilines is 5. The summed E-state index contributed by atoms with van der Waals surface area (Å²) in [6.07, 6.45) is 0. The van der Waals surface area contributed by atoms with E-state index in [2.05, 4.69) is 232 Å². The molecule has 2 heterocycles. The van der Waals surface area contributed by atoms with Crippen LogP contribution in [-0.2, 0) is 21.7 Å². The van der Waals surface area contributed by atoms with Crippen molar-refractivity contribution in [1.29, 1.82) is 0 Å². The van der Waals surface area contributed by atoms with Crippen LogP contribution < -0.4 is 20.6 Å². The van der Waals surface area contributed by atoms with Crippen LogP contribution in [0.1, 0.15) is 110 Å². The number of rotatable bonds is 3. The van der Waals surface area contributed by atoms with Crippen molar-refractivity contribution in [3.63, 3.8) is 0 Å². The maximum atomic E-state index is 2.69. The lowest BCUT2D eigenvalue weighted by molar-refractivity contribution is 0.590. The lowest BCUT2D eigenvalue weighted by Crippen LogP contribution is -2.61. The fourth-order valence-corrected chi connectivity index (χ4v) is 10.5. The van der Waals surface area contributed by atoms with Crippen molar-refractivity contribution in [2.24, 2.45) is 0 Å². The molecule has 0 N–H and O–H groups in total. The summed E-state index contributed by atoms with van der Waals surface area (Å²) in [5.41, 5.74) is 24.6. The molecule has 3 aliphatic rings. The van der Waals surface area contributed by atoms with Crippen LogP contribution in [0.25, 0.3) is 33.4 Å². The van der Waals surface area contributed by atoms with Crippen LogP contribution in [0.2, 0.25) is 0 Å². The largest absolute Gasteiger partial charge is 0.376 e. The molecule has 0 bridgehead atoms. The summed E-state index contributed by atoms with van der Waals surface area (Å²) < 4.78 is 0. The van der Waals surface area contributed by atoms with Gasteiger partial charge in [0.1, 0.15) is 0 Å². The van der Waals surface area contributed by atoms with E-state index < -0.39 is 0 Å². The minimum atomic E-state index is -0.160. The van der Waals surface area contributed by atoms with Crippen LogP contribution in [0.15, 0.2) is 140 Å². The molecule has 0 radical (unpaired) electrons. The van der Waals surface area contributed by atoms with Crippen molar-refractivity contribution in [2.45, 2.75) is 105 Å². The standard InChI is InChI=1S/C58H59BN2/c1-36-32-45-42-28-24-40(57(8,9)10)35-50(42)61(41-26-22-38(23-27-41)55(2,3)4)59-48-30-29-47-52(43-20-16-17-21-46(43)58(47,11)12)54(48)60(51(33-36)53(45)59)49-31-25-39(56(5,6)7)34-44(49)37-18-14-13-15-19-37/h13-35H,1-12H3. The Labute approximate surface area is 365 Å². The second kappa shape index (κ2) is 13.4. The summed E-state index contributed by atoms with van der Waals surface area (Å²) >= 11 is 0. The Morgan fingerprint density at radius 2 is 1.10 bits per heavy atom. The Kier molecular flexibility index (Phi) is 8.61. The summed E-state index contributed by atoms with van der Waals surface area (Å²) in [6.45, 7) is 27.9. The van der Waals surface area contributed by atoms with Gasteiger partial charge in [-0.05, 0) is 121 Å². The zero-order valence-corrected chi connectivity index (χ0v) is 38.3. The van der Waals surface area contributed by atoms with Gasteiger partial charge < -0.3 is 9.71 Å². The Hall–Kier alpha value is -5.80. The van der Waals surface area contributed by atoms with Gasteiger partial charge in [0, 0.05) is 39.2 Å². The van der Waals surface area contributed by atoms with Gasteiger partial charge in [0.15, 0.2) is 0 Å². The monoisotopic (exact) mass is 794 g/mol. The van der Waals surface area contributed by atoms with Crippen molar-refractivity contribution in [3.05, 3.63) is 173 Å². The Bertz CT molecular complexity index is 2900. The Morgan fingerprint density at radius 1 is 0.475 bits per heavy atom. The highest BCUT2D eigenvalue weighted by atomic mass is 15.2. The van der Waals surface area contributed by atoms with Crippen LogP contribution in [0.4, 0.5) is 28.4 Å². The lowest BCUT2D eigenvalue weighted by atomic mass is 9.43. The number of nitrogens with zero attached hydrogens (tertiary/aromatic N) is 2. The molecule has 0 amide bonds. The summed E-state index contributed by atoms with van der Waals surface area (Å²) in [5, 5.41) is 0. The summed E-state index contributed by atoms with van der Waals surface area (Å²) in [5.74, 6) is 0. The highest BCUT2D eigenvalue weighted by Gasteiger charge is 2.49. The molecule has 7 aromatic rings. The van der Waals surface area contributed by atoms with Crippen LogP contribution in [-0.4, -0.2) is 6.85 Å². The minimum Gasteiger partial charge on any atom is -0.376 e. The average molecular weight is 795 g/mol. The first-order chi connectivity index (χ1) is 28.8. The third kappa shape index (κ3) is 6.05. The van der Waals surface area contributed by atoms with E-state index in [1.807, 2.05) is 0 Å². The first-order valence-corrected chi connectivity index (χ1v) is 22.3. The van der Waals surface area contributed by atoms with E-state index in [9.17, 15) is 0 Å². The van der Waals surface area contributed by atoms with Crippen molar-refractivity contribution >= 4 is 46.2 Å². The molecule has 304 valence electrons. The lowest BCUT2D eigenvalue weighted by Gasteiger charge is -2.47. The van der Waals surface area contributed by atoms with Gasteiger partial charge >= 0.3 is 6.85 Å². The maximum absolute atomic E-state index is 2.69. The third-order valence-electron chi connectivity index (χ3n) is 14.0. The molecule has 0 saturated heterocycles. The number of hydrogen-bond donors (Lipinski definition) is 0.